The van der Waals surface area contributed by atoms with E-state index >= 15 is 0 Å². The van der Waals surface area contributed by atoms with Crippen molar-refractivity contribution in [1.29, 1.82) is 0 Å². The molecule has 0 amide bonds. The molecule has 0 aliphatic carbocycles. The largest absolute Gasteiger partial charge is 0.360 e. The van der Waals surface area contributed by atoms with Crippen LogP contribution in [0.4, 0.5) is 5.13 Å². The predicted octanol–water partition coefficient (Wildman–Crippen LogP) is 2.97. The van der Waals surface area contributed by atoms with E-state index in [9.17, 15) is 0 Å². The van der Waals surface area contributed by atoms with E-state index in [-0.39, 0.29) is 0 Å². The van der Waals surface area contributed by atoms with E-state index in [2.05, 4.69) is 54.3 Å². The minimum Gasteiger partial charge on any atom is -0.360 e. The van der Waals surface area contributed by atoms with Gasteiger partial charge in [0, 0.05) is 13.1 Å². The molecule has 1 aromatic heterocycles. The average Bonchev–Trinajstić information content (AvgIpc) is 2.73. The number of nitrogens with zero attached hydrogens (tertiary/aromatic N) is 2. The van der Waals surface area contributed by atoms with Crippen molar-refractivity contribution in [2.24, 2.45) is 0 Å². The predicted molar refractivity (Wildman–Crippen MR) is 76.0 cm³/mol. The number of hydrogen-bond donors (Lipinski definition) is 1. The normalized spacial score (nSPS) is 11.3. The fourth-order valence-corrected chi connectivity index (χ4v) is 2.64. The number of para-hydroxylation sites is 1. The lowest BCUT2D eigenvalue weighted by atomic mass is 10.2. The number of aryl methyl sites for hydroxylation is 1. The zero-order valence-electron chi connectivity index (χ0n) is 10.7. The van der Waals surface area contributed by atoms with Gasteiger partial charge in [-0.2, -0.15) is 0 Å². The third-order valence-corrected chi connectivity index (χ3v) is 3.91. The topological polar surface area (TPSA) is 28.2 Å². The summed E-state index contributed by atoms with van der Waals surface area (Å²) in [6.07, 6.45) is 0. The van der Waals surface area contributed by atoms with E-state index < -0.39 is 0 Å². The minimum atomic E-state index is 0.948. The summed E-state index contributed by atoms with van der Waals surface area (Å²) in [5, 5.41) is 4.42. The number of rotatable bonds is 5. The van der Waals surface area contributed by atoms with Crippen LogP contribution in [0.15, 0.2) is 18.2 Å². The number of thiazole rings is 1. The maximum atomic E-state index is 4.62. The number of likely N-dealkylation sites (N-methyl/N-ethyl adjacent to an activating group) is 1. The Labute approximate surface area is 106 Å². The molecule has 0 saturated carbocycles. The molecule has 0 aliphatic heterocycles. The van der Waals surface area contributed by atoms with E-state index in [4.69, 9.17) is 0 Å². The Hall–Kier alpha value is -1.13. The summed E-state index contributed by atoms with van der Waals surface area (Å²) >= 11 is 1.73. The maximum absolute atomic E-state index is 4.62. The monoisotopic (exact) mass is 249 g/mol. The van der Waals surface area contributed by atoms with Crippen molar-refractivity contribution in [2.45, 2.75) is 13.8 Å². The summed E-state index contributed by atoms with van der Waals surface area (Å²) in [4.78, 5) is 6.91. The molecule has 0 saturated heterocycles. The zero-order valence-corrected chi connectivity index (χ0v) is 11.5. The van der Waals surface area contributed by atoms with Gasteiger partial charge in [-0.25, -0.2) is 4.98 Å². The Morgan fingerprint density at radius 2 is 2.24 bits per heavy atom. The number of hydrogen-bond acceptors (Lipinski definition) is 4. The summed E-state index contributed by atoms with van der Waals surface area (Å²) in [5.74, 6) is 0. The van der Waals surface area contributed by atoms with Crippen LogP contribution in [0.3, 0.4) is 0 Å². The summed E-state index contributed by atoms with van der Waals surface area (Å²) in [6, 6.07) is 6.32. The molecule has 3 nitrogen and oxygen atoms in total. The highest BCUT2D eigenvalue weighted by Gasteiger charge is 2.05. The van der Waals surface area contributed by atoms with Crippen LogP contribution >= 0.6 is 11.3 Å². The highest BCUT2D eigenvalue weighted by atomic mass is 32.1. The molecule has 17 heavy (non-hydrogen) atoms. The van der Waals surface area contributed by atoms with Crippen LogP contribution in [0.25, 0.3) is 10.2 Å². The molecule has 0 aliphatic rings. The van der Waals surface area contributed by atoms with Gasteiger partial charge in [0.2, 0.25) is 0 Å². The first-order chi connectivity index (χ1) is 8.20. The van der Waals surface area contributed by atoms with Crippen LogP contribution in [0.5, 0.6) is 0 Å². The first-order valence-electron chi connectivity index (χ1n) is 5.99. The number of fused-ring (bicyclic) bond motifs is 1. The molecule has 0 spiro atoms. The molecule has 0 bridgehead atoms. The SMILES string of the molecule is CCN(C)CCNc1nc2c(C)cccc2s1. The van der Waals surface area contributed by atoms with Gasteiger partial charge in [0.05, 0.1) is 10.2 Å². The molecular weight excluding hydrogens is 230 g/mol. The number of nitrogens with one attached hydrogen (secondary N) is 1. The van der Waals surface area contributed by atoms with E-state index in [1.54, 1.807) is 11.3 Å². The lowest BCUT2D eigenvalue weighted by Crippen LogP contribution is -2.24. The van der Waals surface area contributed by atoms with Crippen LogP contribution in [-0.4, -0.2) is 36.6 Å². The average molecular weight is 249 g/mol. The summed E-state index contributed by atoms with van der Waals surface area (Å²) in [5.41, 5.74) is 2.38. The first-order valence-corrected chi connectivity index (χ1v) is 6.81. The molecule has 1 N–H and O–H groups in total. The Balaban J connectivity index is 2.02. The Morgan fingerprint density at radius 1 is 1.41 bits per heavy atom. The second-order valence-corrected chi connectivity index (χ2v) is 5.29. The zero-order chi connectivity index (χ0) is 12.3. The smallest absolute Gasteiger partial charge is 0.183 e. The standard InChI is InChI=1S/C13H19N3S/c1-4-16(3)9-8-14-13-15-12-10(2)6-5-7-11(12)17-13/h5-7H,4,8-9H2,1-3H3,(H,14,15). The van der Waals surface area contributed by atoms with Crippen molar-refractivity contribution in [1.82, 2.24) is 9.88 Å². The van der Waals surface area contributed by atoms with E-state index in [0.29, 0.717) is 0 Å². The van der Waals surface area contributed by atoms with Crippen LogP contribution in [-0.2, 0) is 0 Å². The van der Waals surface area contributed by atoms with Crippen molar-refractivity contribution >= 4 is 26.7 Å². The van der Waals surface area contributed by atoms with Crippen molar-refractivity contribution in [3.8, 4) is 0 Å². The molecule has 1 heterocycles. The second-order valence-electron chi connectivity index (χ2n) is 4.26. The molecule has 0 fully saturated rings. The fourth-order valence-electron chi connectivity index (χ4n) is 1.67. The maximum Gasteiger partial charge on any atom is 0.183 e. The molecule has 2 aromatic rings. The molecule has 0 unspecified atom stereocenters. The third-order valence-electron chi connectivity index (χ3n) is 2.93. The highest BCUT2D eigenvalue weighted by molar-refractivity contribution is 7.22. The van der Waals surface area contributed by atoms with Gasteiger partial charge < -0.3 is 10.2 Å². The van der Waals surface area contributed by atoms with Crippen molar-refractivity contribution < 1.29 is 0 Å². The number of anilines is 1. The third kappa shape index (κ3) is 2.96. The van der Waals surface area contributed by atoms with Gasteiger partial charge in [-0.1, -0.05) is 30.4 Å². The molecule has 2 rings (SSSR count). The van der Waals surface area contributed by atoms with E-state index in [1.807, 2.05) is 0 Å². The van der Waals surface area contributed by atoms with Gasteiger partial charge >= 0.3 is 0 Å². The highest BCUT2D eigenvalue weighted by Crippen LogP contribution is 2.27. The molecular formula is C13H19N3S. The number of benzene rings is 1. The minimum absolute atomic E-state index is 0.948. The first kappa shape index (κ1) is 12.3. The molecule has 4 heteroatoms. The quantitative estimate of drug-likeness (QED) is 0.883. The van der Waals surface area contributed by atoms with Gasteiger partial charge in [0.1, 0.15) is 0 Å². The van der Waals surface area contributed by atoms with Gasteiger partial charge in [0.25, 0.3) is 0 Å². The van der Waals surface area contributed by atoms with Crippen molar-refractivity contribution in [3.05, 3.63) is 23.8 Å². The Kier molecular flexibility index (Phi) is 3.97. The van der Waals surface area contributed by atoms with E-state index in [1.165, 1.54) is 10.3 Å². The molecule has 1 aromatic carbocycles. The fraction of sp³-hybridized carbons (Fsp3) is 0.462. The van der Waals surface area contributed by atoms with Gasteiger partial charge in [-0.3, -0.25) is 0 Å². The summed E-state index contributed by atoms with van der Waals surface area (Å²) in [6.45, 7) is 7.35. The van der Waals surface area contributed by atoms with Crippen LogP contribution < -0.4 is 5.32 Å². The van der Waals surface area contributed by atoms with Gasteiger partial charge in [-0.15, -0.1) is 0 Å². The van der Waals surface area contributed by atoms with Gasteiger partial charge in [0.15, 0.2) is 5.13 Å². The number of aromatic nitrogens is 1. The molecule has 0 radical (unpaired) electrons. The Bertz CT molecular complexity index is 492. The lowest BCUT2D eigenvalue weighted by Gasteiger charge is -2.13. The van der Waals surface area contributed by atoms with Crippen LogP contribution in [0, 0.1) is 6.92 Å². The van der Waals surface area contributed by atoms with Crippen molar-refractivity contribution in [2.75, 3.05) is 32.0 Å². The summed E-state index contributed by atoms with van der Waals surface area (Å²) in [7, 11) is 2.13. The molecule has 92 valence electrons. The Morgan fingerprint density at radius 3 is 2.94 bits per heavy atom. The van der Waals surface area contributed by atoms with Crippen molar-refractivity contribution in [3.63, 3.8) is 0 Å². The van der Waals surface area contributed by atoms with E-state index in [0.717, 1.165) is 30.3 Å². The van der Waals surface area contributed by atoms with Gasteiger partial charge in [-0.05, 0) is 32.1 Å². The lowest BCUT2D eigenvalue weighted by molar-refractivity contribution is 0.367. The molecule has 0 atom stereocenters. The van der Waals surface area contributed by atoms with Crippen LogP contribution in [0.1, 0.15) is 12.5 Å². The van der Waals surface area contributed by atoms with Crippen LogP contribution in [0.2, 0.25) is 0 Å². The second kappa shape index (κ2) is 5.47. The summed E-state index contributed by atoms with van der Waals surface area (Å²) < 4.78 is 1.26.